The third-order valence-electron chi connectivity index (χ3n) is 2.90. The molecule has 1 N–H and O–H groups in total. The lowest BCUT2D eigenvalue weighted by Crippen LogP contribution is -2.22. The average molecular weight is 276 g/mol. The molecule has 0 amide bonds. The van der Waals surface area contributed by atoms with E-state index in [0.717, 1.165) is 12.1 Å². The quantitative estimate of drug-likeness (QED) is 0.666. The number of nitrogens with zero attached hydrogens (tertiary/aromatic N) is 1. The van der Waals surface area contributed by atoms with Gasteiger partial charge in [0.15, 0.2) is 0 Å². The molecule has 106 valence electrons. The summed E-state index contributed by atoms with van der Waals surface area (Å²) >= 11 is 0. The van der Waals surface area contributed by atoms with Gasteiger partial charge in [0, 0.05) is 12.1 Å². The predicted molar refractivity (Wildman–Crippen MR) is 66.0 cm³/mol. The Bertz CT molecular complexity index is 473. The Balaban J connectivity index is 3.16. The summed E-state index contributed by atoms with van der Waals surface area (Å²) in [6.07, 6.45) is -4.59. The minimum Gasteiger partial charge on any atom is -0.377 e. The minimum atomic E-state index is -4.59. The van der Waals surface area contributed by atoms with Gasteiger partial charge < -0.3 is 5.32 Å². The molecular formula is C12H15F3N2O2. The van der Waals surface area contributed by atoms with Crippen LogP contribution in [0.4, 0.5) is 24.5 Å². The summed E-state index contributed by atoms with van der Waals surface area (Å²) in [5, 5.41) is 13.7. The molecular weight excluding hydrogens is 261 g/mol. The highest BCUT2D eigenvalue weighted by molar-refractivity contribution is 5.63. The van der Waals surface area contributed by atoms with E-state index in [-0.39, 0.29) is 17.6 Å². The standard InChI is InChI=1S/C12H15F3N2O2/c1-7(2)8(3)16-10-5-4-9(12(13,14)15)6-11(10)17(18)19/h4-8,16H,1-3H3. The van der Waals surface area contributed by atoms with Crippen molar-refractivity contribution in [1.29, 1.82) is 0 Å². The maximum absolute atomic E-state index is 12.5. The number of nitro benzene ring substituents is 1. The highest BCUT2D eigenvalue weighted by Crippen LogP contribution is 2.35. The fourth-order valence-electron chi connectivity index (χ4n) is 1.39. The van der Waals surface area contributed by atoms with Crippen LogP contribution in [0.25, 0.3) is 0 Å². The molecule has 1 aromatic carbocycles. The molecule has 0 aromatic heterocycles. The van der Waals surface area contributed by atoms with Gasteiger partial charge in [-0.15, -0.1) is 0 Å². The maximum Gasteiger partial charge on any atom is 0.416 e. The molecule has 1 atom stereocenters. The van der Waals surface area contributed by atoms with Gasteiger partial charge in [0.25, 0.3) is 5.69 Å². The third kappa shape index (κ3) is 3.84. The van der Waals surface area contributed by atoms with Gasteiger partial charge >= 0.3 is 6.18 Å². The first-order valence-electron chi connectivity index (χ1n) is 5.75. The van der Waals surface area contributed by atoms with Crippen LogP contribution in [0.3, 0.4) is 0 Å². The molecule has 0 fully saturated rings. The maximum atomic E-state index is 12.5. The van der Waals surface area contributed by atoms with Gasteiger partial charge in [-0.2, -0.15) is 13.2 Å². The summed E-state index contributed by atoms with van der Waals surface area (Å²) in [5.74, 6) is 0.196. The Morgan fingerprint density at radius 2 is 1.84 bits per heavy atom. The smallest absolute Gasteiger partial charge is 0.377 e. The van der Waals surface area contributed by atoms with Gasteiger partial charge in [-0.1, -0.05) is 13.8 Å². The van der Waals surface area contributed by atoms with E-state index in [1.54, 1.807) is 0 Å². The van der Waals surface area contributed by atoms with Gasteiger partial charge in [-0.25, -0.2) is 0 Å². The van der Waals surface area contributed by atoms with E-state index < -0.39 is 22.4 Å². The molecule has 0 bridgehead atoms. The van der Waals surface area contributed by atoms with Crippen molar-refractivity contribution in [1.82, 2.24) is 0 Å². The molecule has 19 heavy (non-hydrogen) atoms. The van der Waals surface area contributed by atoms with E-state index in [0.29, 0.717) is 6.07 Å². The van der Waals surface area contributed by atoms with Crippen molar-refractivity contribution >= 4 is 11.4 Å². The van der Waals surface area contributed by atoms with Crippen molar-refractivity contribution in [3.05, 3.63) is 33.9 Å². The lowest BCUT2D eigenvalue weighted by Gasteiger charge is -2.19. The molecule has 4 nitrogen and oxygen atoms in total. The lowest BCUT2D eigenvalue weighted by molar-refractivity contribution is -0.384. The van der Waals surface area contributed by atoms with Gasteiger partial charge in [0.05, 0.1) is 10.5 Å². The molecule has 1 unspecified atom stereocenters. The number of hydrogen-bond acceptors (Lipinski definition) is 3. The van der Waals surface area contributed by atoms with Crippen molar-refractivity contribution < 1.29 is 18.1 Å². The molecule has 0 spiro atoms. The van der Waals surface area contributed by atoms with E-state index in [1.807, 2.05) is 20.8 Å². The summed E-state index contributed by atoms with van der Waals surface area (Å²) in [5.41, 5.74) is -1.50. The number of hydrogen-bond donors (Lipinski definition) is 1. The van der Waals surface area contributed by atoms with Crippen molar-refractivity contribution in [2.75, 3.05) is 5.32 Å². The Labute approximate surface area is 108 Å². The normalized spacial score (nSPS) is 13.4. The molecule has 0 radical (unpaired) electrons. The van der Waals surface area contributed by atoms with E-state index in [9.17, 15) is 23.3 Å². The van der Waals surface area contributed by atoms with E-state index in [1.165, 1.54) is 0 Å². The summed E-state index contributed by atoms with van der Waals surface area (Å²) in [4.78, 5) is 10.0. The molecule has 0 saturated heterocycles. The molecule has 1 rings (SSSR count). The Morgan fingerprint density at radius 3 is 2.26 bits per heavy atom. The topological polar surface area (TPSA) is 55.2 Å². The highest BCUT2D eigenvalue weighted by atomic mass is 19.4. The van der Waals surface area contributed by atoms with Crippen LogP contribution in [0.2, 0.25) is 0 Å². The number of alkyl halides is 3. The van der Waals surface area contributed by atoms with Crippen molar-refractivity contribution in [3.63, 3.8) is 0 Å². The molecule has 1 aromatic rings. The van der Waals surface area contributed by atoms with Gasteiger partial charge in [0.2, 0.25) is 0 Å². The fourth-order valence-corrected chi connectivity index (χ4v) is 1.39. The van der Waals surface area contributed by atoms with Gasteiger partial charge in [-0.05, 0) is 25.0 Å². The van der Waals surface area contributed by atoms with E-state index in [4.69, 9.17) is 0 Å². The molecule has 0 saturated carbocycles. The molecule has 0 aliphatic heterocycles. The third-order valence-corrected chi connectivity index (χ3v) is 2.90. The number of anilines is 1. The van der Waals surface area contributed by atoms with Crippen LogP contribution in [-0.4, -0.2) is 11.0 Å². The zero-order valence-corrected chi connectivity index (χ0v) is 10.8. The lowest BCUT2D eigenvalue weighted by atomic mass is 10.1. The van der Waals surface area contributed by atoms with Crippen LogP contribution in [0, 0.1) is 16.0 Å². The zero-order chi connectivity index (χ0) is 14.8. The predicted octanol–water partition coefficient (Wildman–Crippen LogP) is 4.07. The average Bonchev–Trinajstić information content (AvgIpc) is 2.27. The first-order valence-corrected chi connectivity index (χ1v) is 5.75. The zero-order valence-electron chi connectivity index (χ0n) is 10.8. The van der Waals surface area contributed by atoms with Crippen molar-refractivity contribution in [2.24, 2.45) is 5.92 Å². The second-order valence-corrected chi connectivity index (χ2v) is 4.66. The minimum absolute atomic E-state index is 0.0876. The summed E-state index contributed by atoms with van der Waals surface area (Å²) in [7, 11) is 0. The van der Waals surface area contributed by atoms with Crippen LogP contribution in [0.15, 0.2) is 18.2 Å². The molecule has 0 aliphatic rings. The number of nitrogens with one attached hydrogen (secondary N) is 1. The van der Waals surface area contributed by atoms with Crippen LogP contribution >= 0.6 is 0 Å². The van der Waals surface area contributed by atoms with Crippen LogP contribution in [-0.2, 0) is 6.18 Å². The van der Waals surface area contributed by atoms with Crippen LogP contribution in [0.5, 0.6) is 0 Å². The fraction of sp³-hybridized carbons (Fsp3) is 0.500. The van der Waals surface area contributed by atoms with E-state index >= 15 is 0 Å². The Morgan fingerprint density at radius 1 is 1.26 bits per heavy atom. The number of benzene rings is 1. The molecule has 0 heterocycles. The SMILES string of the molecule is CC(C)C(C)Nc1ccc(C(F)(F)F)cc1[N+](=O)[O-]. The first-order chi connectivity index (χ1) is 8.62. The number of nitro groups is 1. The van der Waals surface area contributed by atoms with E-state index in [2.05, 4.69) is 5.32 Å². The Hall–Kier alpha value is -1.79. The van der Waals surface area contributed by atoms with Crippen LogP contribution in [0.1, 0.15) is 26.3 Å². The summed E-state index contributed by atoms with van der Waals surface area (Å²) in [6.45, 7) is 5.63. The molecule has 0 aliphatic carbocycles. The second kappa shape index (κ2) is 5.46. The summed E-state index contributed by atoms with van der Waals surface area (Å²) < 4.78 is 37.5. The molecule has 7 heteroatoms. The Kier molecular flexibility index (Phi) is 4.39. The highest BCUT2D eigenvalue weighted by Gasteiger charge is 2.33. The number of halogens is 3. The largest absolute Gasteiger partial charge is 0.416 e. The monoisotopic (exact) mass is 276 g/mol. The second-order valence-electron chi connectivity index (χ2n) is 4.66. The first kappa shape index (κ1) is 15.3. The number of rotatable bonds is 4. The van der Waals surface area contributed by atoms with Gasteiger partial charge in [-0.3, -0.25) is 10.1 Å². The van der Waals surface area contributed by atoms with Crippen molar-refractivity contribution in [2.45, 2.75) is 33.0 Å². The van der Waals surface area contributed by atoms with Gasteiger partial charge in [0.1, 0.15) is 5.69 Å². The summed E-state index contributed by atoms with van der Waals surface area (Å²) in [6, 6.07) is 2.40. The van der Waals surface area contributed by atoms with Crippen LogP contribution < -0.4 is 5.32 Å². The van der Waals surface area contributed by atoms with Crippen molar-refractivity contribution in [3.8, 4) is 0 Å².